The van der Waals surface area contributed by atoms with E-state index >= 15 is 0 Å². The Kier molecular flexibility index (Phi) is 6.03. The van der Waals surface area contributed by atoms with Gasteiger partial charge in [-0.2, -0.15) is 0 Å². The lowest BCUT2D eigenvalue weighted by Gasteiger charge is -2.39. The summed E-state index contributed by atoms with van der Waals surface area (Å²) in [6, 6.07) is 9.42. The van der Waals surface area contributed by atoms with Crippen molar-refractivity contribution in [2.45, 2.75) is 39.5 Å². The van der Waals surface area contributed by atoms with E-state index in [0.29, 0.717) is 29.0 Å². The van der Waals surface area contributed by atoms with E-state index in [1.54, 1.807) is 13.0 Å². The number of amides is 1. The first kappa shape index (κ1) is 23.6. The van der Waals surface area contributed by atoms with E-state index in [4.69, 9.17) is 11.6 Å². The predicted molar refractivity (Wildman–Crippen MR) is 127 cm³/mol. The quantitative estimate of drug-likeness (QED) is 0.433. The Balaban J connectivity index is 1.88. The van der Waals surface area contributed by atoms with Gasteiger partial charge in [0.1, 0.15) is 5.82 Å². The predicted octanol–water partition coefficient (Wildman–Crippen LogP) is 5.63. The van der Waals surface area contributed by atoms with Gasteiger partial charge in [0.15, 0.2) is 5.78 Å². The first-order valence-electron chi connectivity index (χ1n) is 10.7. The molecule has 0 saturated heterocycles. The van der Waals surface area contributed by atoms with E-state index in [1.807, 2.05) is 13.8 Å². The van der Waals surface area contributed by atoms with Crippen molar-refractivity contribution in [1.82, 2.24) is 5.32 Å². The lowest BCUT2D eigenvalue weighted by Crippen LogP contribution is -2.39. The molecule has 2 aliphatic rings. The van der Waals surface area contributed by atoms with Crippen molar-refractivity contribution in [3.8, 4) is 0 Å². The third-order valence-electron chi connectivity index (χ3n) is 6.07. The number of carbonyl (C=O) groups is 2. The standard InChI is InChI=1S/C25H23ClFN3O4/c1-13-21(24(32)29-15-6-4-5-14(27)9-15)22(17-10-16(30(33)34)7-8-18(17)26)23-19(28-13)11-25(2,3)12-20(23)31/h4-10,22,28H,11-12H2,1-3H3,(H,29,32). The van der Waals surface area contributed by atoms with E-state index in [0.717, 1.165) is 0 Å². The summed E-state index contributed by atoms with van der Waals surface area (Å²) < 4.78 is 13.7. The largest absolute Gasteiger partial charge is 0.362 e. The second-order valence-corrected chi connectivity index (χ2v) is 9.76. The van der Waals surface area contributed by atoms with E-state index < -0.39 is 22.6 Å². The van der Waals surface area contributed by atoms with Crippen LogP contribution in [0.5, 0.6) is 0 Å². The summed E-state index contributed by atoms with van der Waals surface area (Å²) in [5.41, 5.74) is 1.77. The van der Waals surface area contributed by atoms with Crippen LogP contribution in [-0.4, -0.2) is 16.6 Å². The zero-order chi connectivity index (χ0) is 24.8. The zero-order valence-corrected chi connectivity index (χ0v) is 19.6. The summed E-state index contributed by atoms with van der Waals surface area (Å²) >= 11 is 6.49. The molecule has 7 nitrogen and oxygen atoms in total. The number of nitrogens with zero attached hydrogens (tertiary/aromatic N) is 1. The van der Waals surface area contributed by atoms with Crippen molar-refractivity contribution in [2.75, 3.05) is 5.32 Å². The monoisotopic (exact) mass is 483 g/mol. The fourth-order valence-electron chi connectivity index (χ4n) is 4.68. The number of non-ortho nitro benzene ring substituents is 1. The number of dihydropyridines is 1. The second kappa shape index (κ2) is 8.68. The van der Waals surface area contributed by atoms with Gasteiger partial charge < -0.3 is 10.6 Å². The number of halogens is 2. The number of hydrogen-bond donors (Lipinski definition) is 2. The molecule has 0 aromatic heterocycles. The van der Waals surface area contributed by atoms with Crippen molar-refractivity contribution >= 4 is 34.7 Å². The maximum atomic E-state index is 13.7. The van der Waals surface area contributed by atoms with Crippen molar-refractivity contribution in [3.05, 3.63) is 91.5 Å². The Hall–Kier alpha value is -3.52. The van der Waals surface area contributed by atoms with Gasteiger partial charge in [-0.1, -0.05) is 31.5 Å². The van der Waals surface area contributed by atoms with Crippen molar-refractivity contribution in [1.29, 1.82) is 0 Å². The average Bonchev–Trinajstić information content (AvgIpc) is 2.71. The van der Waals surface area contributed by atoms with Crippen LogP contribution >= 0.6 is 11.6 Å². The molecule has 0 spiro atoms. The van der Waals surface area contributed by atoms with Gasteiger partial charge in [0.2, 0.25) is 0 Å². The minimum absolute atomic E-state index is 0.158. The highest BCUT2D eigenvalue weighted by Gasteiger charge is 2.43. The number of allylic oxidation sites excluding steroid dienone is 3. The van der Waals surface area contributed by atoms with Crippen LogP contribution in [-0.2, 0) is 9.59 Å². The van der Waals surface area contributed by atoms with Crippen LogP contribution in [0.2, 0.25) is 5.02 Å². The molecule has 0 bridgehead atoms. The summed E-state index contributed by atoms with van der Waals surface area (Å²) in [6.07, 6.45) is 0.821. The third kappa shape index (κ3) is 4.46. The lowest BCUT2D eigenvalue weighted by atomic mass is 9.68. The number of hydrogen-bond acceptors (Lipinski definition) is 5. The molecule has 1 aliphatic heterocycles. The van der Waals surface area contributed by atoms with Crippen LogP contribution < -0.4 is 10.6 Å². The highest BCUT2D eigenvalue weighted by molar-refractivity contribution is 6.31. The SMILES string of the molecule is CC1=C(C(=O)Nc2cccc(F)c2)C(c2cc([N+](=O)[O-])ccc2Cl)C2=C(CC(C)(C)CC2=O)N1. The Morgan fingerprint density at radius 3 is 2.65 bits per heavy atom. The molecule has 1 aliphatic carbocycles. The molecule has 176 valence electrons. The molecule has 4 rings (SSSR count). The van der Waals surface area contributed by atoms with Gasteiger partial charge in [0.05, 0.1) is 4.92 Å². The molecule has 1 unspecified atom stereocenters. The summed E-state index contributed by atoms with van der Waals surface area (Å²) in [5.74, 6) is -2.15. The van der Waals surface area contributed by atoms with Gasteiger partial charge >= 0.3 is 0 Å². The van der Waals surface area contributed by atoms with Crippen LogP contribution in [0.25, 0.3) is 0 Å². The van der Waals surface area contributed by atoms with Gasteiger partial charge in [-0.25, -0.2) is 4.39 Å². The Morgan fingerprint density at radius 1 is 1.24 bits per heavy atom. The van der Waals surface area contributed by atoms with Gasteiger partial charge in [0.25, 0.3) is 11.6 Å². The highest BCUT2D eigenvalue weighted by Crippen LogP contribution is 2.48. The molecule has 34 heavy (non-hydrogen) atoms. The highest BCUT2D eigenvalue weighted by atomic mass is 35.5. The van der Waals surface area contributed by atoms with E-state index in [-0.39, 0.29) is 39.6 Å². The van der Waals surface area contributed by atoms with Gasteiger partial charge in [-0.05, 0) is 48.6 Å². The molecule has 0 fully saturated rings. The van der Waals surface area contributed by atoms with Crippen LogP contribution in [0.1, 0.15) is 45.1 Å². The zero-order valence-electron chi connectivity index (χ0n) is 18.9. The molecule has 2 N–H and O–H groups in total. The topological polar surface area (TPSA) is 101 Å². The Labute approximate surface area is 200 Å². The number of rotatable bonds is 4. The van der Waals surface area contributed by atoms with Crippen LogP contribution in [0.15, 0.2) is 65.0 Å². The molecular weight excluding hydrogens is 461 g/mol. The fourth-order valence-corrected chi connectivity index (χ4v) is 4.91. The van der Waals surface area contributed by atoms with E-state index in [1.165, 1.54) is 36.4 Å². The lowest BCUT2D eigenvalue weighted by molar-refractivity contribution is -0.384. The van der Waals surface area contributed by atoms with Crippen LogP contribution in [0.3, 0.4) is 0 Å². The number of nitrogens with one attached hydrogen (secondary N) is 2. The Morgan fingerprint density at radius 2 is 1.97 bits per heavy atom. The average molecular weight is 484 g/mol. The molecule has 9 heteroatoms. The number of carbonyl (C=O) groups excluding carboxylic acids is 2. The summed E-state index contributed by atoms with van der Waals surface area (Å²) in [4.78, 5) is 37.8. The fraction of sp³-hybridized carbons (Fsp3) is 0.280. The number of nitro benzene ring substituents is 1. The second-order valence-electron chi connectivity index (χ2n) is 9.36. The van der Waals surface area contributed by atoms with Crippen LogP contribution in [0, 0.1) is 21.3 Å². The number of anilines is 1. The first-order valence-corrected chi connectivity index (χ1v) is 11.1. The summed E-state index contributed by atoms with van der Waals surface area (Å²) in [6.45, 7) is 5.67. The number of ketones is 1. The van der Waals surface area contributed by atoms with Gasteiger partial charge in [0, 0.05) is 57.7 Å². The molecule has 2 aromatic rings. The maximum Gasteiger partial charge on any atom is 0.269 e. The number of benzene rings is 2. The summed E-state index contributed by atoms with van der Waals surface area (Å²) in [5, 5.41) is 17.6. The van der Waals surface area contributed by atoms with Crippen molar-refractivity contribution in [2.24, 2.45) is 5.41 Å². The first-order chi connectivity index (χ1) is 16.0. The molecule has 1 atom stereocenters. The molecular formula is C25H23ClFN3O4. The molecule has 1 amide bonds. The smallest absolute Gasteiger partial charge is 0.269 e. The van der Waals surface area contributed by atoms with Crippen molar-refractivity contribution < 1.29 is 18.9 Å². The van der Waals surface area contributed by atoms with Crippen LogP contribution in [0.4, 0.5) is 15.8 Å². The molecule has 0 saturated carbocycles. The molecule has 1 heterocycles. The summed E-state index contributed by atoms with van der Waals surface area (Å²) in [7, 11) is 0. The number of nitro groups is 1. The number of Topliss-reactive ketones (excluding diaryl/α,β-unsaturated/α-hetero) is 1. The minimum Gasteiger partial charge on any atom is -0.362 e. The molecule has 0 radical (unpaired) electrons. The minimum atomic E-state index is -0.916. The maximum absolute atomic E-state index is 13.7. The third-order valence-corrected chi connectivity index (χ3v) is 6.41. The van der Waals surface area contributed by atoms with Gasteiger partial charge in [-0.3, -0.25) is 19.7 Å². The van der Waals surface area contributed by atoms with E-state index in [2.05, 4.69) is 10.6 Å². The Bertz CT molecular complexity index is 1300. The van der Waals surface area contributed by atoms with E-state index in [9.17, 15) is 24.1 Å². The molecule has 2 aromatic carbocycles. The normalized spacial score (nSPS) is 19.4. The van der Waals surface area contributed by atoms with Crippen molar-refractivity contribution in [3.63, 3.8) is 0 Å². The van der Waals surface area contributed by atoms with Gasteiger partial charge in [-0.15, -0.1) is 0 Å².